The molecule has 1 aromatic rings. The van der Waals surface area contributed by atoms with Gasteiger partial charge in [0.15, 0.2) is 5.78 Å². The van der Waals surface area contributed by atoms with Gasteiger partial charge in [-0.25, -0.2) is 0 Å². The van der Waals surface area contributed by atoms with Crippen LogP contribution in [-0.4, -0.2) is 25.0 Å². The Labute approximate surface area is 102 Å². The van der Waals surface area contributed by atoms with Gasteiger partial charge in [-0.3, -0.25) is 4.79 Å². The van der Waals surface area contributed by atoms with Crippen molar-refractivity contribution < 1.29 is 9.90 Å². The average Bonchev–Trinajstić information content (AvgIpc) is 2.26. The van der Waals surface area contributed by atoms with Gasteiger partial charge in [0, 0.05) is 25.9 Å². The molecule has 0 amide bonds. The molecular weight excluding hydrogens is 214 g/mol. The van der Waals surface area contributed by atoms with Crippen molar-refractivity contribution in [2.75, 3.05) is 19.0 Å². The lowest BCUT2D eigenvalue weighted by atomic mass is 10.2. The van der Waals surface area contributed by atoms with E-state index in [4.69, 9.17) is 0 Å². The molecule has 0 saturated heterocycles. The first-order chi connectivity index (χ1) is 7.99. The molecule has 1 N–H and O–H groups in total. The normalized spacial score (nSPS) is 11.8. The zero-order valence-corrected chi connectivity index (χ0v) is 10.3. The van der Waals surface area contributed by atoms with Gasteiger partial charge < -0.3 is 10.0 Å². The number of anilines is 1. The number of aliphatic hydroxyl groups excluding tert-OH is 1. The fourth-order valence-electron chi connectivity index (χ4n) is 1.32. The van der Waals surface area contributed by atoms with Gasteiger partial charge in [-0.05, 0) is 30.7 Å². The van der Waals surface area contributed by atoms with E-state index in [2.05, 4.69) is 0 Å². The first-order valence-corrected chi connectivity index (χ1v) is 5.36. The van der Waals surface area contributed by atoms with E-state index in [1.54, 1.807) is 6.08 Å². The third kappa shape index (κ3) is 4.55. The molecule has 0 heterocycles. The minimum atomic E-state index is -0.171. The van der Waals surface area contributed by atoms with E-state index in [1.807, 2.05) is 43.3 Å². The maximum Gasteiger partial charge on any atom is 0.156 e. The van der Waals surface area contributed by atoms with Crippen molar-refractivity contribution in [2.24, 2.45) is 0 Å². The van der Waals surface area contributed by atoms with Gasteiger partial charge >= 0.3 is 0 Å². The summed E-state index contributed by atoms with van der Waals surface area (Å²) in [5, 5.41) is 9.37. The van der Waals surface area contributed by atoms with Gasteiger partial charge in [0.2, 0.25) is 0 Å². The molecule has 1 rings (SSSR count). The molecule has 0 bridgehead atoms. The van der Waals surface area contributed by atoms with Crippen molar-refractivity contribution in [3.8, 4) is 0 Å². The largest absolute Gasteiger partial charge is 0.508 e. The molecule has 3 heteroatoms. The lowest BCUT2D eigenvalue weighted by molar-refractivity contribution is -0.112. The predicted molar refractivity (Wildman–Crippen MR) is 71.2 cm³/mol. The molecule has 0 aliphatic rings. The Balaban J connectivity index is 2.76. The smallest absolute Gasteiger partial charge is 0.156 e. The first kappa shape index (κ1) is 13.0. The number of aliphatic hydroxyl groups is 1. The van der Waals surface area contributed by atoms with Crippen molar-refractivity contribution in [3.63, 3.8) is 0 Å². The maximum absolute atomic E-state index is 10.7. The topological polar surface area (TPSA) is 40.5 Å². The molecular formula is C14H17NO2. The Hall–Kier alpha value is -2.03. The van der Waals surface area contributed by atoms with Crippen LogP contribution in [0.5, 0.6) is 0 Å². The Kier molecular flexibility index (Phi) is 4.52. The Morgan fingerprint density at radius 3 is 2.29 bits per heavy atom. The molecule has 0 unspecified atom stereocenters. The lowest BCUT2D eigenvalue weighted by Gasteiger charge is -2.11. The number of carbonyl (C=O) groups is 1. The summed E-state index contributed by atoms with van der Waals surface area (Å²) in [5.74, 6) is -0.204. The van der Waals surface area contributed by atoms with E-state index in [1.165, 1.54) is 19.1 Å². The number of allylic oxidation sites excluding steroid dienone is 2. The molecule has 0 aliphatic carbocycles. The Bertz CT molecular complexity index is 442. The average molecular weight is 231 g/mol. The summed E-state index contributed by atoms with van der Waals surface area (Å²) in [6.45, 7) is 1.40. The van der Waals surface area contributed by atoms with Crippen LogP contribution in [0.25, 0.3) is 6.08 Å². The summed E-state index contributed by atoms with van der Waals surface area (Å²) in [5.41, 5.74) is 2.09. The van der Waals surface area contributed by atoms with Crippen molar-refractivity contribution >= 4 is 17.5 Å². The Morgan fingerprint density at radius 1 is 1.24 bits per heavy atom. The van der Waals surface area contributed by atoms with E-state index in [-0.39, 0.29) is 11.5 Å². The molecule has 3 nitrogen and oxygen atoms in total. The second kappa shape index (κ2) is 5.89. The van der Waals surface area contributed by atoms with Gasteiger partial charge in [0.25, 0.3) is 0 Å². The van der Waals surface area contributed by atoms with Gasteiger partial charge in [0.1, 0.15) is 5.76 Å². The third-order valence-corrected chi connectivity index (χ3v) is 2.21. The van der Waals surface area contributed by atoms with Crippen LogP contribution in [0.3, 0.4) is 0 Å². The van der Waals surface area contributed by atoms with Gasteiger partial charge in [0.05, 0.1) is 0 Å². The molecule has 0 fully saturated rings. The lowest BCUT2D eigenvalue weighted by Crippen LogP contribution is -2.07. The van der Waals surface area contributed by atoms with Crippen molar-refractivity contribution in [1.82, 2.24) is 0 Å². The van der Waals surface area contributed by atoms with Crippen LogP contribution in [0.1, 0.15) is 12.5 Å². The summed E-state index contributed by atoms with van der Waals surface area (Å²) in [6, 6.07) is 7.89. The van der Waals surface area contributed by atoms with Crippen molar-refractivity contribution in [3.05, 3.63) is 47.7 Å². The van der Waals surface area contributed by atoms with Crippen molar-refractivity contribution in [2.45, 2.75) is 6.92 Å². The van der Waals surface area contributed by atoms with Crippen LogP contribution in [0.2, 0.25) is 0 Å². The van der Waals surface area contributed by atoms with E-state index in [0.717, 1.165) is 11.3 Å². The standard InChI is InChI=1S/C14H17NO2/c1-11(16)10-14(17)9-6-12-4-7-13(8-5-12)15(2)3/h4-10,17H,1-3H3/b9-6+,14-10?. The molecule has 1 aromatic carbocycles. The summed E-state index contributed by atoms with van der Waals surface area (Å²) in [4.78, 5) is 12.7. The van der Waals surface area contributed by atoms with Gasteiger partial charge in [-0.1, -0.05) is 18.2 Å². The fourth-order valence-corrected chi connectivity index (χ4v) is 1.32. The van der Waals surface area contributed by atoms with E-state index in [0.29, 0.717) is 0 Å². The summed E-state index contributed by atoms with van der Waals surface area (Å²) in [7, 11) is 3.96. The molecule has 0 aliphatic heterocycles. The van der Waals surface area contributed by atoms with Gasteiger partial charge in [-0.2, -0.15) is 0 Å². The Morgan fingerprint density at radius 2 is 1.82 bits per heavy atom. The van der Waals surface area contributed by atoms with Crippen LogP contribution in [0, 0.1) is 0 Å². The van der Waals surface area contributed by atoms with Crippen LogP contribution < -0.4 is 4.90 Å². The van der Waals surface area contributed by atoms with Crippen LogP contribution in [0.15, 0.2) is 42.2 Å². The highest BCUT2D eigenvalue weighted by Crippen LogP contribution is 2.13. The van der Waals surface area contributed by atoms with Crippen LogP contribution >= 0.6 is 0 Å². The third-order valence-electron chi connectivity index (χ3n) is 2.21. The highest BCUT2D eigenvalue weighted by Gasteiger charge is 1.94. The minimum absolute atomic E-state index is 0.0332. The monoisotopic (exact) mass is 231 g/mol. The quantitative estimate of drug-likeness (QED) is 0.492. The highest BCUT2D eigenvalue weighted by molar-refractivity contribution is 5.88. The second-order valence-electron chi connectivity index (χ2n) is 4.00. The number of nitrogens with zero attached hydrogens (tertiary/aromatic N) is 1. The molecule has 0 aromatic heterocycles. The van der Waals surface area contributed by atoms with E-state index in [9.17, 15) is 9.90 Å². The van der Waals surface area contributed by atoms with E-state index < -0.39 is 0 Å². The van der Waals surface area contributed by atoms with E-state index >= 15 is 0 Å². The number of ketones is 1. The molecule has 0 atom stereocenters. The number of benzene rings is 1. The fraction of sp³-hybridized carbons (Fsp3) is 0.214. The predicted octanol–water partition coefficient (Wildman–Crippen LogP) is 2.80. The molecule has 90 valence electrons. The SMILES string of the molecule is CC(=O)C=C(O)/C=C/c1ccc(N(C)C)cc1. The van der Waals surface area contributed by atoms with Crippen LogP contribution in [-0.2, 0) is 4.79 Å². The number of hydrogen-bond donors (Lipinski definition) is 1. The highest BCUT2D eigenvalue weighted by atomic mass is 16.3. The summed E-state index contributed by atoms with van der Waals surface area (Å²) in [6.07, 6.45) is 4.45. The number of carbonyl (C=O) groups excluding carboxylic acids is 1. The summed E-state index contributed by atoms with van der Waals surface area (Å²) < 4.78 is 0. The zero-order valence-electron chi connectivity index (χ0n) is 10.3. The molecule has 0 radical (unpaired) electrons. The molecule has 17 heavy (non-hydrogen) atoms. The second-order valence-corrected chi connectivity index (χ2v) is 4.00. The minimum Gasteiger partial charge on any atom is -0.508 e. The van der Waals surface area contributed by atoms with Crippen molar-refractivity contribution in [1.29, 1.82) is 0 Å². The maximum atomic E-state index is 10.7. The number of hydrogen-bond acceptors (Lipinski definition) is 3. The summed E-state index contributed by atoms with van der Waals surface area (Å²) >= 11 is 0. The molecule has 0 saturated carbocycles. The van der Waals surface area contributed by atoms with Crippen LogP contribution in [0.4, 0.5) is 5.69 Å². The molecule has 0 spiro atoms. The van der Waals surface area contributed by atoms with Gasteiger partial charge in [-0.15, -0.1) is 0 Å². The first-order valence-electron chi connectivity index (χ1n) is 5.36. The zero-order chi connectivity index (χ0) is 12.8. The number of rotatable bonds is 4.